The van der Waals surface area contributed by atoms with E-state index in [1.165, 1.54) is 5.56 Å². The van der Waals surface area contributed by atoms with Gasteiger partial charge in [0.05, 0.1) is 5.02 Å². The zero-order chi connectivity index (χ0) is 11.4. The zero-order valence-electron chi connectivity index (χ0n) is 9.13. The van der Waals surface area contributed by atoms with Gasteiger partial charge in [-0.3, -0.25) is 0 Å². The summed E-state index contributed by atoms with van der Waals surface area (Å²) in [6.07, 6.45) is 1.97. The molecule has 1 atom stereocenters. The third-order valence-corrected chi connectivity index (χ3v) is 3.47. The minimum absolute atomic E-state index is 0.234. The van der Waals surface area contributed by atoms with Gasteiger partial charge in [-0.25, -0.2) is 0 Å². The first-order valence-electron chi connectivity index (χ1n) is 5.18. The van der Waals surface area contributed by atoms with Gasteiger partial charge in [-0.1, -0.05) is 31.5 Å². The molecule has 0 fully saturated rings. The van der Waals surface area contributed by atoms with Crippen molar-refractivity contribution < 1.29 is 0 Å². The van der Waals surface area contributed by atoms with Crippen LogP contribution >= 0.6 is 27.5 Å². The van der Waals surface area contributed by atoms with Crippen LogP contribution in [0.2, 0.25) is 5.02 Å². The minimum atomic E-state index is 0.234. The van der Waals surface area contributed by atoms with E-state index in [1.807, 2.05) is 18.2 Å². The molecule has 1 aromatic rings. The Morgan fingerprint density at radius 3 is 2.60 bits per heavy atom. The van der Waals surface area contributed by atoms with Crippen LogP contribution in [-0.2, 0) is 6.42 Å². The SMILES string of the molecule is CC(C)CC(N)Cc1ccc(Cl)c(Br)c1. The Labute approximate surface area is 105 Å². The maximum Gasteiger partial charge on any atom is 0.0548 e. The van der Waals surface area contributed by atoms with Crippen LogP contribution in [0.4, 0.5) is 0 Å². The Bertz CT molecular complexity index is 325. The fourth-order valence-electron chi connectivity index (χ4n) is 1.66. The van der Waals surface area contributed by atoms with Gasteiger partial charge in [0.1, 0.15) is 0 Å². The van der Waals surface area contributed by atoms with Crippen LogP contribution in [0.3, 0.4) is 0 Å². The fraction of sp³-hybridized carbons (Fsp3) is 0.500. The Hall–Kier alpha value is -0.0500. The summed E-state index contributed by atoms with van der Waals surface area (Å²) in [5.41, 5.74) is 7.28. The van der Waals surface area contributed by atoms with Crippen molar-refractivity contribution in [3.63, 3.8) is 0 Å². The van der Waals surface area contributed by atoms with Gasteiger partial charge in [0, 0.05) is 10.5 Å². The minimum Gasteiger partial charge on any atom is -0.327 e. The van der Waals surface area contributed by atoms with Gasteiger partial charge in [-0.05, 0) is 52.4 Å². The molecule has 0 spiro atoms. The quantitative estimate of drug-likeness (QED) is 0.890. The van der Waals surface area contributed by atoms with Crippen molar-refractivity contribution in [1.29, 1.82) is 0 Å². The van der Waals surface area contributed by atoms with E-state index in [-0.39, 0.29) is 6.04 Å². The molecule has 0 heterocycles. The molecule has 0 saturated carbocycles. The summed E-state index contributed by atoms with van der Waals surface area (Å²) in [5, 5.41) is 0.746. The lowest BCUT2D eigenvalue weighted by Gasteiger charge is -2.14. The number of hydrogen-bond donors (Lipinski definition) is 1. The molecule has 1 rings (SSSR count). The van der Waals surface area contributed by atoms with Crippen LogP contribution in [0, 0.1) is 5.92 Å². The van der Waals surface area contributed by atoms with E-state index in [2.05, 4.69) is 29.8 Å². The third kappa shape index (κ3) is 4.54. The highest BCUT2D eigenvalue weighted by Crippen LogP contribution is 2.24. The highest BCUT2D eigenvalue weighted by atomic mass is 79.9. The molecule has 0 aliphatic heterocycles. The molecular weight excluding hydrogens is 273 g/mol. The number of benzene rings is 1. The third-order valence-electron chi connectivity index (χ3n) is 2.26. The number of halogens is 2. The van der Waals surface area contributed by atoms with Crippen molar-refractivity contribution in [3.05, 3.63) is 33.3 Å². The second kappa shape index (κ2) is 5.88. The summed E-state index contributed by atoms with van der Waals surface area (Å²) in [5.74, 6) is 0.649. The number of hydrogen-bond acceptors (Lipinski definition) is 1. The molecule has 3 heteroatoms. The number of nitrogens with two attached hydrogens (primary N) is 1. The normalized spacial score (nSPS) is 13.2. The number of rotatable bonds is 4. The van der Waals surface area contributed by atoms with Gasteiger partial charge in [0.25, 0.3) is 0 Å². The van der Waals surface area contributed by atoms with Crippen LogP contribution < -0.4 is 5.73 Å². The predicted octanol–water partition coefficient (Wildman–Crippen LogP) is 4.02. The second-order valence-electron chi connectivity index (χ2n) is 4.34. The van der Waals surface area contributed by atoms with E-state index in [0.29, 0.717) is 5.92 Å². The summed E-state index contributed by atoms with van der Waals surface area (Å²) < 4.78 is 0.943. The summed E-state index contributed by atoms with van der Waals surface area (Å²) in [7, 11) is 0. The summed E-state index contributed by atoms with van der Waals surface area (Å²) >= 11 is 9.34. The molecule has 0 amide bonds. The van der Waals surface area contributed by atoms with Crippen molar-refractivity contribution in [2.75, 3.05) is 0 Å². The van der Waals surface area contributed by atoms with Gasteiger partial charge in [0.15, 0.2) is 0 Å². The molecule has 15 heavy (non-hydrogen) atoms. The summed E-state index contributed by atoms with van der Waals surface area (Å²) in [6.45, 7) is 4.38. The van der Waals surface area contributed by atoms with Gasteiger partial charge in [-0.15, -0.1) is 0 Å². The van der Waals surface area contributed by atoms with E-state index < -0.39 is 0 Å². The maximum atomic E-state index is 6.05. The molecule has 84 valence electrons. The predicted molar refractivity (Wildman–Crippen MR) is 70.3 cm³/mol. The van der Waals surface area contributed by atoms with Gasteiger partial charge >= 0.3 is 0 Å². The van der Waals surface area contributed by atoms with E-state index >= 15 is 0 Å². The van der Waals surface area contributed by atoms with Crippen LogP contribution in [0.15, 0.2) is 22.7 Å². The van der Waals surface area contributed by atoms with Crippen LogP contribution in [-0.4, -0.2) is 6.04 Å². The van der Waals surface area contributed by atoms with Crippen LogP contribution in [0.5, 0.6) is 0 Å². The van der Waals surface area contributed by atoms with Crippen molar-refractivity contribution in [2.45, 2.75) is 32.7 Å². The molecule has 0 aliphatic rings. The molecule has 0 aromatic heterocycles. The van der Waals surface area contributed by atoms with Crippen molar-refractivity contribution in [1.82, 2.24) is 0 Å². The highest BCUT2D eigenvalue weighted by molar-refractivity contribution is 9.10. The average Bonchev–Trinajstić information content (AvgIpc) is 2.10. The Morgan fingerprint density at radius 1 is 1.40 bits per heavy atom. The molecule has 0 bridgehead atoms. The molecule has 2 N–H and O–H groups in total. The largest absolute Gasteiger partial charge is 0.327 e. The molecule has 0 radical (unpaired) electrons. The molecule has 1 nitrogen and oxygen atoms in total. The standard InChI is InChI=1S/C12H17BrClN/c1-8(2)5-10(15)6-9-3-4-12(14)11(13)7-9/h3-4,7-8,10H,5-6,15H2,1-2H3. The molecular formula is C12H17BrClN. The topological polar surface area (TPSA) is 26.0 Å². The monoisotopic (exact) mass is 289 g/mol. The highest BCUT2D eigenvalue weighted by Gasteiger charge is 2.07. The van der Waals surface area contributed by atoms with E-state index in [0.717, 1.165) is 22.3 Å². The van der Waals surface area contributed by atoms with Crippen molar-refractivity contribution in [2.24, 2.45) is 11.7 Å². The van der Waals surface area contributed by atoms with Crippen molar-refractivity contribution in [3.8, 4) is 0 Å². The lowest BCUT2D eigenvalue weighted by molar-refractivity contribution is 0.493. The first-order valence-corrected chi connectivity index (χ1v) is 6.35. The zero-order valence-corrected chi connectivity index (χ0v) is 11.5. The molecule has 0 aliphatic carbocycles. The molecule has 1 aromatic carbocycles. The molecule has 0 saturated heterocycles. The fourth-order valence-corrected chi connectivity index (χ4v) is 2.20. The maximum absolute atomic E-state index is 6.05. The first kappa shape index (κ1) is 13.0. The lowest BCUT2D eigenvalue weighted by Crippen LogP contribution is -2.24. The lowest BCUT2D eigenvalue weighted by atomic mass is 9.98. The first-order chi connectivity index (χ1) is 6.99. The Kier molecular flexibility index (Phi) is 5.10. The smallest absolute Gasteiger partial charge is 0.0548 e. The molecule has 1 unspecified atom stereocenters. The Morgan fingerprint density at radius 2 is 2.07 bits per heavy atom. The summed E-state index contributed by atoms with van der Waals surface area (Å²) in [6, 6.07) is 6.22. The van der Waals surface area contributed by atoms with E-state index in [4.69, 9.17) is 17.3 Å². The van der Waals surface area contributed by atoms with E-state index in [9.17, 15) is 0 Å². The van der Waals surface area contributed by atoms with E-state index in [1.54, 1.807) is 0 Å². The average molecular weight is 291 g/mol. The van der Waals surface area contributed by atoms with Crippen LogP contribution in [0.1, 0.15) is 25.8 Å². The summed E-state index contributed by atoms with van der Waals surface area (Å²) in [4.78, 5) is 0. The van der Waals surface area contributed by atoms with Gasteiger partial charge < -0.3 is 5.73 Å². The van der Waals surface area contributed by atoms with Gasteiger partial charge in [-0.2, -0.15) is 0 Å². The van der Waals surface area contributed by atoms with Crippen molar-refractivity contribution >= 4 is 27.5 Å². The van der Waals surface area contributed by atoms with Gasteiger partial charge in [0.2, 0.25) is 0 Å². The second-order valence-corrected chi connectivity index (χ2v) is 5.60. The van der Waals surface area contributed by atoms with Crippen LogP contribution in [0.25, 0.3) is 0 Å². The Balaban J connectivity index is 2.60.